The van der Waals surface area contributed by atoms with Gasteiger partial charge in [0.25, 0.3) is 0 Å². The Morgan fingerprint density at radius 3 is 2.19 bits per heavy atom. The van der Waals surface area contributed by atoms with Crippen LogP contribution in [0.2, 0.25) is 0 Å². The van der Waals surface area contributed by atoms with Gasteiger partial charge in [0, 0.05) is 19.3 Å². The highest BCUT2D eigenvalue weighted by molar-refractivity contribution is 5.78. The molecule has 0 fully saturated rings. The van der Waals surface area contributed by atoms with E-state index in [0.717, 1.165) is 13.1 Å². The molecule has 0 aromatic heterocycles. The van der Waals surface area contributed by atoms with E-state index in [9.17, 15) is 0 Å². The van der Waals surface area contributed by atoms with Gasteiger partial charge in [0.15, 0.2) is 0 Å². The van der Waals surface area contributed by atoms with Crippen molar-refractivity contribution in [3.8, 4) is 0 Å². The zero-order chi connectivity index (χ0) is 12.6. The molecule has 0 spiro atoms. The van der Waals surface area contributed by atoms with Gasteiger partial charge in [-0.2, -0.15) is 0 Å². The van der Waals surface area contributed by atoms with E-state index in [0.29, 0.717) is 0 Å². The Bertz CT molecular complexity index is 263. The van der Waals surface area contributed by atoms with E-state index in [1.54, 1.807) is 0 Å². The van der Waals surface area contributed by atoms with Crippen LogP contribution in [0.1, 0.15) is 41.5 Å². The number of rotatable bonds is 5. The molecule has 0 aliphatic carbocycles. The largest absolute Gasteiger partial charge is 0.378 e. The monoisotopic (exact) mass is 222 g/mol. The van der Waals surface area contributed by atoms with Crippen molar-refractivity contribution in [3.63, 3.8) is 0 Å². The topological polar surface area (TPSA) is 15.6 Å². The lowest BCUT2D eigenvalue weighted by Gasteiger charge is -2.14. The summed E-state index contributed by atoms with van der Waals surface area (Å²) in [6, 6.07) is 0. The second-order valence-electron chi connectivity index (χ2n) is 4.90. The minimum absolute atomic E-state index is 0.0116. The molecule has 0 saturated heterocycles. The summed E-state index contributed by atoms with van der Waals surface area (Å²) in [6.45, 7) is 14.8. The summed E-state index contributed by atoms with van der Waals surface area (Å²) >= 11 is 0. The van der Waals surface area contributed by atoms with E-state index in [1.807, 2.05) is 6.21 Å². The van der Waals surface area contributed by atoms with Crippen molar-refractivity contribution in [2.24, 2.45) is 4.99 Å². The third kappa shape index (κ3) is 8.27. The number of hydrogen-bond acceptors (Lipinski definition) is 2. The molecule has 0 aromatic carbocycles. The van der Waals surface area contributed by atoms with Gasteiger partial charge < -0.3 is 4.90 Å². The molecule has 0 rings (SSSR count). The van der Waals surface area contributed by atoms with Crippen LogP contribution >= 0.6 is 0 Å². The molecule has 0 atom stereocenters. The number of allylic oxidation sites excluding steroid dienone is 3. The molecule has 0 bridgehead atoms. The lowest BCUT2D eigenvalue weighted by molar-refractivity contribution is 0.419. The minimum atomic E-state index is 0.0116. The Morgan fingerprint density at radius 1 is 1.19 bits per heavy atom. The van der Waals surface area contributed by atoms with Crippen molar-refractivity contribution in [2.75, 3.05) is 13.1 Å². The Morgan fingerprint density at radius 2 is 1.75 bits per heavy atom. The van der Waals surface area contributed by atoms with Gasteiger partial charge in [-0.15, -0.1) is 0 Å². The second kappa shape index (κ2) is 7.26. The second-order valence-corrected chi connectivity index (χ2v) is 4.90. The molecule has 0 aromatic rings. The molecule has 0 saturated carbocycles. The summed E-state index contributed by atoms with van der Waals surface area (Å²) in [5, 5.41) is 0. The fourth-order valence-corrected chi connectivity index (χ4v) is 1.09. The van der Waals surface area contributed by atoms with Crippen LogP contribution in [0.3, 0.4) is 0 Å². The lowest BCUT2D eigenvalue weighted by atomic mass is 10.1. The molecule has 0 heterocycles. The zero-order valence-corrected chi connectivity index (χ0v) is 11.6. The molecule has 0 unspecified atom stereocenters. The van der Waals surface area contributed by atoms with E-state index in [2.05, 4.69) is 69.8 Å². The van der Waals surface area contributed by atoms with Crippen LogP contribution in [-0.4, -0.2) is 29.7 Å². The van der Waals surface area contributed by atoms with Gasteiger partial charge in [0.1, 0.15) is 0 Å². The summed E-state index contributed by atoms with van der Waals surface area (Å²) in [5.74, 6) is 0. The van der Waals surface area contributed by atoms with E-state index in [4.69, 9.17) is 0 Å². The van der Waals surface area contributed by atoms with Crippen LogP contribution in [0.5, 0.6) is 0 Å². The first-order valence-electron chi connectivity index (χ1n) is 6.03. The maximum absolute atomic E-state index is 4.45. The molecule has 16 heavy (non-hydrogen) atoms. The van der Waals surface area contributed by atoms with Gasteiger partial charge in [0.05, 0.1) is 5.54 Å². The number of hydrogen-bond donors (Lipinski definition) is 0. The average Bonchev–Trinajstić information content (AvgIpc) is 2.20. The average molecular weight is 222 g/mol. The minimum Gasteiger partial charge on any atom is -0.378 e. The summed E-state index contributed by atoms with van der Waals surface area (Å²) in [6.07, 6.45) is 8.23. The van der Waals surface area contributed by atoms with Crippen molar-refractivity contribution in [1.29, 1.82) is 0 Å². The molecule has 2 nitrogen and oxygen atoms in total. The molecule has 0 N–H and O–H groups in total. The van der Waals surface area contributed by atoms with Crippen molar-refractivity contribution in [3.05, 3.63) is 23.9 Å². The fourth-order valence-electron chi connectivity index (χ4n) is 1.09. The van der Waals surface area contributed by atoms with Crippen molar-refractivity contribution in [2.45, 2.75) is 47.1 Å². The fraction of sp³-hybridized carbons (Fsp3) is 0.643. The van der Waals surface area contributed by atoms with Gasteiger partial charge in [-0.25, -0.2) is 0 Å². The Balaban J connectivity index is 4.29. The molecule has 0 aliphatic heterocycles. The van der Waals surface area contributed by atoms with Crippen LogP contribution in [0, 0.1) is 0 Å². The van der Waals surface area contributed by atoms with Gasteiger partial charge >= 0.3 is 0 Å². The van der Waals surface area contributed by atoms with Crippen LogP contribution < -0.4 is 0 Å². The zero-order valence-electron chi connectivity index (χ0n) is 11.6. The normalized spacial score (nSPS) is 14.0. The smallest absolute Gasteiger partial charge is 0.0524 e. The molecular formula is C14H26N2. The molecule has 92 valence electrons. The lowest BCUT2D eigenvalue weighted by Crippen LogP contribution is -2.14. The predicted molar refractivity (Wildman–Crippen MR) is 74.1 cm³/mol. The third-order valence-electron chi connectivity index (χ3n) is 2.12. The first kappa shape index (κ1) is 14.9. The predicted octanol–water partition coefficient (Wildman–Crippen LogP) is 3.66. The van der Waals surface area contributed by atoms with Crippen LogP contribution in [-0.2, 0) is 0 Å². The van der Waals surface area contributed by atoms with Crippen LogP contribution in [0.15, 0.2) is 28.9 Å². The Kier molecular flexibility index (Phi) is 6.78. The molecular weight excluding hydrogens is 196 g/mol. The van der Waals surface area contributed by atoms with Gasteiger partial charge in [-0.3, -0.25) is 4.99 Å². The highest BCUT2D eigenvalue weighted by atomic mass is 15.1. The summed E-state index contributed by atoms with van der Waals surface area (Å²) in [4.78, 5) is 6.71. The molecule has 0 aliphatic rings. The van der Waals surface area contributed by atoms with Crippen LogP contribution in [0.4, 0.5) is 0 Å². The first-order valence-corrected chi connectivity index (χ1v) is 6.03. The van der Waals surface area contributed by atoms with Gasteiger partial charge in [0.2, 0.25) is 0 Å². The number of aliphatic imine (C=N–C) groups is 1. The highest BCUT2D eigenvalue weighted by Crippen LogP contribution is 2.06. The summed E-state index contributed by atoms with van der Waals surface area (Å²) in [5.41, 5.74) is 1.19. The molecule has 2 heteroatoms. The van der Waals surface area contributed by atoms with Crippen molar-refractivity contribution < 1.29 is 0 Å². The van der Waals surface area contributed by atoms with E-state index < -0.39 is 0 Å². The van der Waals surface area contributed by atoms with Gasteiger partial charge in [-0.1, -0.05) is 6.08 Å². The Hall–Kier alpha value is -1.05. The number of nitrogens with zero attached hydrogens (tertiary/aromatic N) is 2. The third-order valence-corrected chi connectivity index (χ3v) is 2.12. The SMILES string of the molecule is CCN(/C=C/C=C(\C)C=NC(C)(C)C)CC. The quantitative estimate of drug-likeness (QED) is 0.512. The first-order chi connectivity index (χ1) is 7.39. The Labute approximate surface area is 101 Å². The molecule has 0 amide bonds. The summed E-state index contributed by atoms with van der Waals surface area (Å²) < 4.78 is 0. The maximum atomic E-state index is 4.45. The van der Waals surface area contributed by atoms with Crippen molar-refractivity contribution >= 4 is 6.21 Å². The molecule has 0 radical (unpaired) electrons. The van der Waals surface area contributed by atoms with Gasteiger partial charge in [-0.05, 0) is 59.4 Å². The van der Waals surface area contributed by atoms with Crippen molar-refractivity contribution in [1.82, 2.24) is 4.90 Å². The van der Waals surface area contributed by atoms with E-state index in [-0.39, 0.29) is 5.54 Å². The maximum Gasteiger partial charge on any atom is 0.0524 e. The summed E-state index contributed by atoms with van der Waals surface area (Å²) in [7, 11) is 0. The van der Waals surface area contributed by atoms with Crippen LogP contribution in [0.25, 0.3) is 0 Å². The van der Waals surface area contributed by atoms with E-state index >= 15 is 0 Å². The van der Waals surface area contributed by atoms with E-state index in [1.165, 1.54) is 5.57 Å². The standard InChI is InChI=1S/C14H26N2/c1-7-16(8-2)11-9-10-13(3)12-15-14(4,5)6/h9-12H,7-8H2,1-6H3/b11-9+,13-10+,15-12?. The highest BCUT2D eigenvalue weighted by Gasteiger charge is 2.03.